The zero-order valence-corrected chi connectivity index (χ0v) is 19.8. The van der Waals surface area contributed by atoms with Gasteiger partial charge in [-0.1, -0.05) is 35.3 Å². The molecule has 0 aromatic heterocycles. The van der Waals surface area contributed by atoms with Gasteiger partial charge in [0.25, 0.3) is 10.9 Å². The van der Waals surface area contributed by atoms with E-state index in [1.165, 1.54) is 0 Å². The molecule has 0 radical (unpaired) electrons. The zero-order valence-electron chi connectivity index (χ0n) is 18.3. The normalized spacial score (nSPS) is 16.4. The molecule has 8 heteroatoms. The Bertz CT molecular complexity index is 1200. The molecule has 0 aliphatic carbocycles. The first-order valence-electron chi connectivity index (χ1n) is 10.5. The van der Waals surface area contributed by atoms with Crippen molar-refractivity contribution in [1.29, 1.82) is 0 Å². The number of benzene rings is 2. The van der Waals surface area contributed by atoms with E-state index >= 15 is 0 Å². The average Bonchev–Trinajstić information content (AvgIpc) is 2.75. The highest BCUT2D eigenvalue weighted by Crippen LogP contribution is 2.38. The highest BCUT2D eigenvalue weighted by Gasteiger charge is 2.27. The van der Waals surface area contributed by atoms with Gasteiger partial charge < -0.3 is 20.4 Å². The van der Waals surface area contributed by atoms with Crippen LogP contribution in [0, 0.1) is 0 Å². The van der Waals surface area contributed by atoms with Crippen LogP contribution in [-0.4, -0.2) is 50.6 Å². The molecule has 1 aliphatic heterocycles. The van der Waals surface area contributed by atoms with Crippen LogP contribution in [0.2, 0.25) is 10.0 Å². The molecule has 0 saturated heterocycles. The molecular weight excluding hydrogens is 447 g/mol. The zero-order chi connectivity index (χ0) is 23.0. The van der Waals surface area contributed by atoms with Crippen LogP contribution in [0.4, 0.5) is 17.1 Å². The monoisotopic (exact) mass is 472 g/mol. The summed E-state index contributed by atoms with van der Waals surface area (Å²) >= 11 is 12.8. The molecule has 2 N–H and O–H groups in total. The molecule has 1 aliphatic rings. The third kappa shape index (κ3) is 4.55. The number of fused-ring (bicyclic) bond motifs is 1. The van der Waals surface area contributed by atoms with E-state index in [1.807, 2.05) is 49.3 Å². The van der Waals surface area contributed by atoms with Crippen LogP contribution in [-0.2, 0) is 6.54 Å². The van der Waals surface area contributed by atoms with Gasteiger partial charge in [0.2, 0.25) is 0 Å². The number of hydrogen-bond acceptors (Lipinski definition) is 6. The van der Waals surface area contributed by atoms with Gasteiger partial charge in [-0.2, -0.15) is 0 Å². The van der Waals surface area contributed by atoms with Gasteiger partial charge in [-0.15, -0.1) is 0 Å². The predicted molar refractivity (Wildman–Crippen MR) is 133 cm³/mol. The Labute approximate surface area is 197 Å². The molecule has 1 atom stereocenters. The van der Waals surface area contributed by atoms with Gasteiger partial charge >= 0.3 is 0 Å². The Hall–Kier alpha value is -2.38. The minimum atomic E-state index is -0.492. The first-order valence-corrected chi connectivity index (χ1v) is 11.3. The van der Waals surface area contributed by atoms with Gasteiger partial charge in [0.1, 0.15) is 11.4 Å². The number of nitrogens with zero attached hydrogens (tertiary/aromatic N) is 2. The maximum absolute atomic E-state index is 12.1. The molecule has 4 rings (SSSR count). The first kappa shape index (κ1) is 22.8. The SMILES string of the molecule is CN(C)CCNc1c(Nc2ccc(C3CN(C)Cc4c(Cl)cc(Cl)cc43)cc2)c(=O)c1=O. The molecule has 168 valence electrons. The lowest BCUT2D eigenvalue weighted by atomic mass is 9.84. The molecule has 0 amide bonds. The Morgan fingerprint density at radius 3 is 2.44 bits per heavy atom. The molecule has 6 nitrogen and oxygen atoms in total. The lowest BCUT2D eigenvalue weighted by Crippen LogP contribution is -2.37. The topological polar surface area (TPSA) is 64.7 Å². The van der Waals surface area contributed by atoms with Crippen molar-refractivity contribution in [2.75, 3.05) is 51.4 Å². The predicted octanol–water partition coefficient (Wildman–Crippen LogP) is 3.88. The van der Waals surface area contributed by atoms with E-state index in [0.29, 0.717) is 28.0 Å². The fraction of sp³-hybridized carbons (Fsp3) is 0.333. The number of rotatable bonds is 7. The Balaban J connectivity index is 1.54. The summed E-state index contributed by atoms with van der Waals surface area (Å²) in [5.74, 6) is 0.142. The molecule has 3 aromatic rings. The number of likely N-dealkylation sites (N-methyl/N-ethyl adjacent to an activating group) is 2. The quantitative estimate of drug-likeness (QED) is 0.508. The first-order chi connectivity index (χ1) is 15.2. The summed E-state index contributed by atoms with van der Waals surface area (Å²) in [6.45, 7) is 2.99. The van der Waals surface area contributed by atoms with E-state index in [4.69, 9.17) is 23.2 Å². The van der Waals surface area contributed by atoms with Crippen molar-refractivity contribution in [2.45, 2.75) is 12.5 Å². The Morgan fingerprint density at radius 1 is 1.06 bits per heavy atom. The summed E-state index contributed by atoms with van der Waals surface area (Å²) in [5, 5.41) is 7.50. The van der Waals surface area contributed by atoms with Crippen molar-refractivity contribution < 1.29 is 0 Å². The average molecular weight is 473 g/mol. The number of hydrogen-bond donors (Lipinski definition) is 2. The van der Waals surface area contributed by atoms with Crippen LogP contribution in [0.25, 0.3) is 0 Å². The summed E-state index contributed by atoms with van der Waals surface area (Å²) in [5.41, 5.74) is 3.86. The van der Waals surface area contributed by atoms with Crippen molar-refractivity contribution in [3.63, 3.8) is 0 Å². The summed E-state index contributed by atoms with van der Waals surface area (Å²) < 4.78 is 0. The summed E-state index contributed by atoms with van der Waals surface area (Å²) in [4.78, 5) is 28.3. The fourth-order valence-electron chi connectivity index (χ4n) is 4.16. The van der Waals surface area contributed by atoms with Gasteiger partial charge in [-0.3, -0.25) is 9.59 Å². The third-order valence-electron chi connectivity index (χ3n) is 5.85. The van der Waals surface area contributed by atoms with E-state index in [1.54, 1.807) is 6.07 Å². The van der Waals surface area contributed by atoms with E-state index in [2.05, 4.69) is 22.6 Å². The maximum Gasteiger partial charge on any atom is 0.253 e. The number of anilines is 3. The van der Waals surface area contributed by atoms with Crippen LogP contribution in [0.3, 0.4) is 0 Å². The van der Waals surface area contributed by atoms with Crippen molar-refractivity contribution in [2.24, 2.45) is 0 Å². The van der Waals surface area contributed by atoms with Gasteiger partial charge in [-0.25, -0.2) is 0 Å². The van der Waals surface area contributed by atoms with Gasteiger partial charge in [-0.05, 0) is 62.1 Å². The minimum absolute atomic E-state index is 0.142. The van der Waals surface area contributed by atoms with Gasteiger partial charge in [0, 0.05) is 47.8 Å². The smallest absolute Gasteiger partial charge is 0.253 e. The largest absolute Gasteiger partial charge is 0.379 e. The van der Waals surface area contributed by atoms with E-state index in [9.17, 15) is 9.59 Å². The van der Waals surface area contributed by atoms with Crippen molar-refractivity contribution in [1.82, 2.24) is 9.80 Å². The van der Waals surface area contributed by atoms with Crippen LogP contribution < -0.4 is 21.5 Å². The minimum Gasteiger partial charge on any atom is -0.379 e. The molecule has 0 saturated carbocycles. The third-order valence-corrected chi connectivity index (χ3v) is 6.40. The molecule has 3 aromatic carbocycles. The van der Waals surface area contributed by atoms with E-state index in [-0.39, 0.29) is 5.92 Å². The lowest BCUT2D eigenvalue weighted by molar-refractivity contribution is 0.295. The second-order valence-corrected chi connectivity index (χ2v) is 9.43. The molecule has 0 bridgehead atoms. The Morgan fingerprint density at radius 2 is 1.75 bits per heavy atom. The van der Waals surface area contributed by atoms with E-state index < -0.39 is 10.9 Å². The summed E-state index contributed by atoms with van der Waals surface area (Å²) in [6.07, 6.45) is 0. The molecular formula is C24H26Cl2N4O2. The lowest BCUT2D eigenvalue weighted by Gasteiger charge is -2.33. The fourth-order valence-corrected chi connectivity index (χ4v) is 4.73. The van der Waals surface area contributed by atoms with Crippen LogP contribution >= 0.6 is 23.2 Å². The van der Waals surface area contributed by atoms with Crippen LogP contribution in [0.5, 0.6) is 0 Å². The van der Waals surface area contributed by atoms with Crippen LogP contribution in [0.1, 0.15) is 22.6 Å². The maximum atomic E-state index is 12.1. The standard InChI is InChI=1S/C24H26Cl2N4O2/c1-29(2)9-8-27-21-22(24(32)23(21)31)28-16-6-4-14(5-7-16)18-12-30(3)13-19-17(18)10-15(25)11-20(19)26/h4-7,10-11,18,27-28H,8-9,12-13H2,1-3H3. The van der Waals surface area contributed by atoms with Gasteiger partial charge in [0.15, 0.2) is 0 Å². The second kappa shape index (κ2) is 9.24. The number of halogens is 2. The van der Waals surface area contributed by atoms with Crippen LogP contribution in [0.15, 0.2) is 46.0 Å². The molecule has 0 fully saturated rings. The van der Waals surface area contributed by atoms with E-state index in [0.717, 1.165) is 42.0 Å². The van der Waals surface area contributed by atoms with Crippen molar-refractivity contribution in [3.05, 3.63) is 83.6 Å². The highest BCUT2D eigenvalue weighted by molar-refractivity contribution is 6.35. The summed E-state index contributed by atoms with van der Waals surface area (Å²) in [7, 11) is 5.98. The Kier molecular flexibility index (Phi) is 6.58. The second-order valence-electron chi connectivity index (χ2n) is 8.59. The molecule has 1 heterocycles. The molecule has 1 unspecified atom stereocenters. The highest BCUT2D eigenvalue weighted by atomic mass is 35.5. The molecule has 0 spiro atoms. The summed E-state index contributed by atoms with van der Waals surface area (Å²) in [6, 6.07) is 11.7. The van der Waals surface area contributed by atoms with Gasteiger partial charge in [0.05, 0.1) is 0 Å². The van der Waals surface area contributed by atoms with Crippen molar-refractivity contribution in [3.8, 4) is 0 Å². The molecule has 32 heavy (non-hydrogen) atoms. The number of nitrogens with one attached hydrogen (secondary N) is 2. The van der Waals surface area contributed by atoms with Crippen molar-refractivity contribution >= 4 is 40.3 Å².